The molecule has 1 aliphatic rings. The van der Waals surface area contributed by atoms with Gasteiger partial charge in [-0.3, -0.25) is 9.52 Å². The molecule has 0 aliphatic heterocycles. The summed E-state index contributed by atoms with van der Waals surface area (Å²) in [7, 11) is -3.64. The van der Waals surface area contributed by atoms with Gasteiger partial charge in [-0.1, -0.05) is 24.3 Å². The van der Waals surface area contributed by atoms with Crippen molar-refractivity contribution in [2.24, 2.45) is 5.92 Å². The van der Waals surface area contributed by atoms with Gasteiger partial charge in [-0.05, 0) is 49.6 Å². The van der Waals surface area contributed by atoms with E-state index < -0.39 is 10.0 Å². The Balaban J connectivity index is 1.81. The second kappa shape index (κ2) is 5.57. The van der Waals surface area contributed by atoms with Crippen LogP contribution in [0.25, 0.3) is 0 Å². The van der Waals surface area contributed by atoms with E-state index in [0.29, 0.717) is 11.3 Å². The lowest BCUT2D eigenvalue weighted by Gasteiger charge is -2.09. The third kappa shape index (κ3) is 3.20. The molecule has 1 fully saturated rings. The molecular formula is C17H17NO3S. The minimum Gasteiger partial charge on any atom is -0.294 e. The van der Waals surface area contributed by atoms with Crippen molar-refractivity contribution in [2.75, 3.05) is 4.72 Å². The number of carbonyl (C=O) groups is 1. The Bertz CT molecular complexity index is 806. The maximum Gasteiger partial charge on any atom is 0.261 e. The van der Waals surface area contributed by atoms with Crippen molar-refractivity contribution in [3.63, 3.8) is 0 Å². The average Bonchev–Trinajstić information content (AvgIpc) is 3.31. The normalized spacial score (nSPS) is 14.6. The summed E-state index contributed by atoms with van der Waals surface area (Å²) < 4.78 is 27.2. The molecular weight excluding hydrogens is 298 g/mol. The first-order valence-electron chi connectivity index (χ1n) is 7.19. The summed E-state index contributed by atoms with van der Waals surface area (Å²) in [6.45, 7) is 1.90. The topological polar surface area (TPSA) is 63.2 Å². The van der Waals surface area contributed by atoms with Crippen molar-refractivity contribution >= 4 is 21.5 Å². The van der Waals surface area contributed by atoms with Crippen molar-refractivity contribution < 1.29 is 13.2 Å². The molecule has 1 saturated carbocycles. The second-order valence-electron chi connectivity index (χ2n) is 5.64. The molecule has 0 radical (unpaired) electrons. The molecule has 0 heterocycles. The first-order valence-corrected chi connectivity index (χ1v) is 8.68. The van der Waals surface area contributed by atoms with Crippen LogP contribution in [-0.2, 0) is 10.0 Å². The monoisotopic (exact) mass is 315 g/mol. The molecule has 114 valence electrons. The lowest BCUT2D eigenvalue weighted by atomic mass is 10.1. The van der Waals surface area contributed by atoms with E-state index in [0.717, 1.165) is 18.4 Å². The number of hydrogen-bond donors (Lipinski definition) is 1. The van der Waals surface area contributed by atoms with Crippen LogP contribution in [0, 0.1) is 12.8 Å². The first-order chi connectivity index (χ1) is 10.5. The van der Waals surface area contributed by atoms with Crippen LogP contribution < -0.4 is 4.72 Å². The second-order valence-corrected chi connectivity index (χ2v) is 7.32. The van der Waals surface area contributed by atoms with E-state index in [4.69, 9.17) is 0 Å². The fourth-order valence-electron chi connectivity index (χ4n) is 2.30. The van der Waals surface area contributed by atoms with Crippen LogP contribution >= 0.6 is 0 Å². The number of carbonyl (C=O) groups excluding carboxylic acids is 1. The van der Waals surface area contributed by atoms with E-state index >= 15 is 0 Å². The summed E-state index contributed by atoms with van der Waals surface area (Å²) >= 11 is 0. The van der Waals surface area contributed by atoms with Gasteiger partial charge in [0.05, 0.1) is 4.90 Å². The third-order valence-electron chi connectivity index (χ3n) is 3.67. The van der Waals surface area contributed by atoms with Crippen molar-refractivity contribution in [3.8, 4) is 0 Å². The highest BCUT2D eigenvalue weighted by Crippen LogP contribution is 2.32. The van der Waals surface area contributed by atoms with Crippen LogP contribution in [0.2, 0.25) is 0 Å². The molecule has 0 amide bonds. The van der Waals surface area contributed by atoms with Gasteiger partial charge in [0.1, 0.15) is 0 Å². The third-order valence-corrected chi connectivity index (χ3v) is 5.06. The molecule has 22 heavy (non-hydrogen) atoms. The number of hydrogen-bond acceptors (Lipinski definition) is 3. The molecule has 4 nitrogen and oxygen atoms in total. The fourth-order valence-corrected chi connectivity index (χ4v) is 3.35. The van der Waals surface area contributed by atoms with Crippen LogP contribution in [0.4, 0.5) is 5.69 Å². The van der Waals surface area contributed by atoms with Gasteiger partial charge in [-0.15, -0.1) is 0 Å². The van der Waals surface area contributed by atoms with Crippen molar-refractivity contribution in [3.05, 3.63) is 59.7 Å². The van der Waals surface area contributed by atoms with Crippen LogP contribution in [-0.4, -0.2) is 14.2 Å². The smallest absolute Gasteiger partial charge is 0.261 e. The molecule has 3 rings (SSSR count). The quantitative estimate of drug-likeness (QED) is 0.860. The number of benzene rings is 2. The number of nitrogens with one attached hydrogen (secondary N) is 1. The summed E-state index contributed by atoms with van der Waals surface area (Å²) in [5.74, 6) is 0.239. The van der Waals surface area contributed by atoms with Crippen LogP contribution in [0.1, 0.15) is 28.8 Å². The van der Waals surface area contributed by atoms with Gasteiger partial charge in [0.25, 0.3) is 10.0 Å². The number of anilines is 1. The van der Waals surface area contributed by atoms with Crippen LogP contribution in [0.5, 0.6) is 0 Å². The molecule has 0 aromatic heterocycles. The Morgan fingerprint density at radius 1 is 1.09 bits per heavy atom. The average molecular weight is 315 g/mol. The molecule has 2 aromatic rings. The number of Topliss-reactive ketones (excluding diaryl/α,β-unsaturated/α-hetero) is 1. The zero-order valence-electron chi connectivity index (χ0n) is 12.2. The molecule has 5 heteroatoms. The number of sulfonamides is 1. The minimum absolute atomic E-state index is 0.107. The first kappa shape index (κ1) is 14.8. The van der Waals surface area contributed by atoms with E-state index in [1.54, 1.807) is 30.3 Å². The van der Waals surface area contributed by atoms with Gasteiger partial charge < -0.3 is 0 Å². The summed E-state index contributed by atoms with van der Waals surface area (Å²) in [6, 6.07) is 13.3. The Morgan fingerprint density at radius 3 is 2.36 bits per heavy atom. The number of ketones is 1. The predicted octanol–water partition coefficient (Wildman–Crippen LogP) is 3.39. The molecule has 2 aromatic carbocycles. The van der Waals surface area contributed by atoms with Crippen molar-refractivity contribution in [1.29, 1.82) is 0 Å². The highest BCUT2D eigenvalue weighted by Gasteiger charge is 2.30. The number of rotatable bonds is 5. The zero-order valence-corrected chi connectivity index (χ0v) is 13.1. The highest BCUT2D eigenvalue weighted by atomic mass is 32.2. The van der Waals surface area contributed by atoms with E-state index in [2.05, 4.69) is 4.72 Å². The van der Waals surface area contributed by atoms with E-state index in [9.17, 15) is 13.2 Å². The predicted molar refractivity (Wildman–Crippen MR) is 85.5 cm³/mol. The summed E-state index contributed by atoms with van der Waals surface area (Å²) in [4.78, 5) is 12.1. The Kier molecular flexibility index (Phi) is 3.74. The fraction of sp³-hybridized carbons (Fsp3) is 0.235. The lowest BCUT2D eigenvalue weighted by molar-refractivity contribution is 0.0967. The number of aryl methyl sites for hydroxylation is 1. The van der Waals surface area contributed by atoms with Crippen LogP contribution in [0.15, 0.2) is 53.4 Å². The maximum absolute atomic E-state index is 12.3. The summed E-state index contributed by atoms with van der Waals surface area (Å²) in [6.07, 6.45) is 1.88. The van der Waals surface area contributed by atoms with Crippen LogP contribution in [0.3, 0.4) is 0 Å². The molecule has 0 unspecified atom stereocenters. The summed E-state index contributed by atoms with van der Waals surface area (Å²) in [5, 5.41) is 0. The van der Waals surface area contributed by atoms with E-state index in [1.807, 2.05) is 13.0 Å². The highest BCUT2D eigenvalue weighted by molar-refractivity contribution is 7.92. The van der Waals surface area contributed by atoms with E-state index in [1.165, 1.54) is 12.1 Å². The Labute approximate surface area is 130 Å². The molecule has 0 spiro atoms. The van der Waals surface area contributed by atoms with Gasteiger partial charge in [-0.25, -0.2) is 8.42 Å². The van der Waals surface area contributed by atoms with Gasteiger partial charge in [0.2, 0.25) is 0 Å². The van der Waals surface area contributed by atoms with Crippen molar-refractivity contribution in [2.45, 2.75) is 24.7 Å². The zero-order chi connectivity index (χ0) is 15.7. The molecule has 1 aliphatic carbocycles. The van der Waals surface area contributed by atoms with Gasteiger partial charge in [-0.2, -0.15) is 0 Å². The molecule has 0 atom stereocenters. The van der Waals surface area contributed by atoms with Gasteiger partial charge >= 0.3 is 0 Å². The Morgan fingerprint density at radius 2 is 1.77 bits per heavy atom. The Hall–Kier alpha value is -2.14. The summed E-state index contributed by atoms with van der Waals surface area (Å²) in [5.41, 5.74) is 2.08. The molecule has 0 bridgehead atoms. The molecule has 1 N–H and O–H groups in total. The van der Waals surface area contributed by atoms with Gasteiger partial charge in [0.15, 0.2) is 5.78 Å². The standard InChI is InChI=1S/C17H17NO3S/c1-12-3-2-4-15(11-12)18-22(20,21)16-9-7-14(8-10-16)17(19)13-5-6-13/h2-4,7-11,13,18H,5-6H2,1H3. The minimum atomic E-state index is -3.64. The SMILES string of the molecule is Cc1cccc(NS(=O)(=O)c2ccc(C(=O)C3CC3)cc2)c1. The largest absolute Gasteiger partial charge is 0.294 e. The lowest BCUT2D eigenvalue weighted by Crippen LogP contribution is -2.13. The van der Waals surface area contributed by atoms with E-state index in [-0.39, 0.29) is 16.6 Å². The maximum atomic E-state index is 12.3. The van der Waals surface area contributed by atoms with Gasteiger partial charge in [0, 0.05) is 17.2 Å². The van der Waals surface area contributed by atoms with Crippen molar-refractivity contribution in [1.82, 2.24) is 0 Å². The molecule has 0 saturated heterocycles.